The number of thioether (sulfide) groups is 1. The van der Waals surface area contributed by atoms with Gasteiger partial charge in [0.15, 0.2) is 0 Å². The van der Waals surface area contributed by atoms with Gasteiger partial charge in [0.25, 0.3) is 11.5 Å². The summed E-state index contributed by atoms with van der Waals surface area (Å²) in [6.07, 6.45) is 4.29. The number of hydrogen-bond acceptors (Lipinski definition) is 7. The van der Waals surface area contributed by atoms with Gasteiger partial charge in [-0.15, -0.1) is 0 Å². The van der Waals surface area contributed by atoms with Crippen LogP contribution < -0.4 is 10.9 Å². The molecule has 0 radical (unpaired) electrons. The molecular formula is C27H30N4O4S2. The molecule has 10 heteroatoms. The topological polar surface area (TPSA) is 115 Å². The zero-order valence-corrected chi connectivity index (χ0v) is 22.6. The molecular weight excluding hydrogens is 508 g/mol. The normalized spacial score (nSPS) is 14.3. The van der Waals surface area contributed by atoms with Crippen LogP contribution in [-0.2, 0) is 22.6 Å². The zero-order chi connectivity index (χ0) is 26.9. The summed E-state index contributed by atoms with van der Waals surface area (Å²) in [6, 6.07) is 12.0. The number of nitrogens with zero attached hydrogens (tertiary/aromatic N) is 3. The number of carbonyl (C=O) groups is 2. The lowest BCUT2D eigenvalue weighted by Gasteiger charge is -2.20. The van der Waals surface area contributed by atoms with Gasteiger partial charge in [0.1, 0.15) is 21.8 Å². The molecule has 3 rings (SSSR count). The van der Waals surface area contributed by atoms with Gasteiger partial charge in [-0.3, -0.25) is 23.9 Å². The van der Waals surface area contributed by atoms with Crippen LogP contribution in [0.2, 0.25) is 0 Å². The molecule has 0 bridgehead atoms. The molecule has 37 heavy (non-hydrogen) atoms. The number of thiocarbonyl (C=S) groups is 1. The van der Waals surface area contributed by atoms with Crippen LogP contribution in [0, 0.1) is 18.3 Å². The van der Waals surface area contributed by atoms with Gasteiger partial charge in [0, 0.05) is 31.6 Å². The third kappa shape index (κ3) is 6.87. The number of hydrogen-bond donors (Lipinski definition) is 2. The number of anilines is 1. The smallest absolute Gasteiger partial charge is 0.303 e. The number of carboxylic acids is 1. The molecule has 2 heterocycles. The SMILES string of the molecule is CCCCn1c(NCCc2ccccc2)c(/C=C2/SC(=S)N(CCCC(=O)O)C2=O)c(C)c(C#N)c1=O. The van der Waals surface area contributed by atoms with Gasteiger partial charge in [-0.05, 0) is 43.4 Å². The number of benzene rings is 1. The maximum atomic E-state index is 13.2. The van der Waals surface area contributed by atoms with Crippen LogP contribution in [0.3, 0.4) is 0 Å². The zero-order valence-electron chi connectivity index (χ0n) is 21.0. The third-order valence-electron chi connectivity index (χ3n) is 6.08. The lowest BCUT2D eigenvalue weighted by atomic mass is 10.0. The van der Waals surface area contributed by atoms with Crippen molar-refractivity contribution in [1.29, 1.82) is 5.26 Å². The highest BCUT2D eigenvalue weighted by molar-refractivity contribution is 8.26. The van der Waals surface area contributed by atoms with E-state index in [1.807, 2.05) is 43.3 Å². The molecule has 0 unspecified atom stereocenters. The minimum absolute atomic E-state index is 0.0490. The fourth-order valence-electron chi connectivity index (χ4n) is 4.07. The number of aliphatic carboxylic acids is 1. The van der Waals surface area contributed by atoms with Gasteiger partial charge in [-0.1, -0.05) is 67.7 Å². The van der Waals surface area contributed by atoms with E-state index < -0.39 is 5.97 Å². The van der Waals surface area contributed by atoms with E-state index >= 15 is 0 Å². The summed E-state index contributed by atoms with van der Waals surface area (Å²) < 4.78 is 1.96. The summed E-state index contributed by atoms with van der Waals surface area (Å²) in [5.41, 5.74) is 1.94. The van der Waals surface area contributed by atoms with Crippen LogP contribution in [0.1, 0.15) is 54.9 Å². The van der Waals surface area contributed by atoms with Gasteiger partial charge in [0.2, 0.25) is 0 Å². The predicted octanol–water partition coefficient (Wildman–Crippen LogP) is 4.55. The van der Waals surface area contributed by atoms with Crippen molar-refractivity contribution < 1.29 is 14.7 Å². The molecule has 2 aromatic rings. The first-order valence-corrected chi connectivity index (χ1v) is 13.4. The van der Waals surface area contributed by atoms with E-state index in [0.717, 1.165) is 36.6 Å². The van der Waals surface area contributed by atoms with Crippen molar-refractivity contribution in [2.75, 3.05) is 18.4 Å². The molecule has 1 aromatic heterocycles. The summed E-state index contributed by atoms with van der Waals surface area (Å²) in [5.74, 6) is -0.664. The monoisotopic (exact) mass is 538 g/mol. The van der Waals surface area contributed by atoms with Crippen LogP contribution in [0.4, 0.5) is 5.82 Å². The molecule has 2 N–H and O–H groups in total. The highest BCUT2D eigenvalue weighted by Gasteiger charge is 2.32. The Bertz CT molecular complexity index is 1310. The van der Waals surface area contributed by atoms with Crippen LogP contribution in [0.25, 0.3) is 6.08 Å². The average Bonchev–Trinajstić information content (AvgIpc) is 3.14. The number of nitrogens with one attached hydrogen (secondary N) is 1. The first-order chi connectivity index (χ1) is 17.8. The molecule has 0 saturated carbocycles. The van der Waals surface area contributed by atoms with Crippen molar-refractivity contribution in [3.05, 3.63) is 67.8 Å². The number of amides is 1. The molecule has 1 aliphatic heterocycles. The number of aromatic nitrogens is 1. The van der Waals surface area contributed by atoms with Crippen molar-refractivity contribution in [1.82, 2.24) is 9.47 Å². The summed E-state index contributed by atoms with van der Waals surface area (Å²) in [6.45, 7) is 4.96. The Labute approximate surface area is 226 Å². The molecule has 1 saturated heterocycles. The van der Waals surface area contributed by atoms with E-state index in [-0.39, 0.29) is 30.0 Å². The molecule has 1 aliphatic rings. The second-order valence-corrected chi connectivity index (χ2v) is 10.4. The average molecular weight is 539 g/mol. The Morgan fingerprint density at radius 1 is 1.22 bits per heavy atom. The van der Waals surface area contributed by atoms with E-state index in [1.54, 1.807) is 17.6 Å². The van der Waals surface area contributed by atoms with E-state index in [4.69, 9.17) is 17.3 Å². The van der Waals surface area contributed by atoms with Crippen molar-refractivity contribution in [2.24, 2.45) is 0 Å². The number of nitriles is 1. The molecule has 1 aromatic carbocycles. The van der Waals surface area contributed by atoms with Gasteiger partial charge in [-0.2, -0.15) is 5.26 Å². The Balaban J connectivity index is 2.02. The molecule has 1 amide bonds. The molecule has 0 spiro atoms. The maximum absolute atomic E-state index is 13.2. The minimum Gasteiger partial charge on any atom is -0.481 e. The molecule has 0 atom stereocenters. The highest BCUT2D eigenvalue weighted by atomic mass is 32.2. The highest BCUT2D eigenvalue weighted by Crippen LogP contribution is 2.35. The Morgan fingerprint density at radius 3 is 2.59 bits per heavy atom. The maximum Gasteiger partial charge on any atom is 0.303 e. The van der Waals surface area contributed by atoms with E-state index in [9.17, 15) is 19.6 Å². The van der Waals surface area contributed by atoms with E-state index in [1.165, 1.54) is 4.90 Å². The molecule has 0 aliphatic carbocycles. The first kappa shape index (κ1) is 28.2. The van der Waals surface area contributed by atoms with Crippen LogP contribution >= 0.6 is 24.0 Å². The number of carboxylic acid groups (broad SMARTS) is 1. The number of unbranched alkanes of at least 4 members (excludes halogenated alkanes) is 1. The van der Waals surface area contributed by atoms with Crippen LogP contribution in [-0.4, -0.2) is 43.9 Å². The lowest BCUT2D eigenvalue weighted by molar-refractivity contribution is -0.137. The third-order valence-corrected chi connectivity index (χ3v) is 7.46. The summed E-state index contributed by atoms with van der Waals surface area (Å²) in [7, 11) is 0. The molecule has 8 nitrogen and oxygen atoms in total. The van der Waals surface area contributed by atoms with Gasteiger partial charge in [0.05, 0.1) is 4.91 Å². The lowest BCUT2D eigenvalue weighted by Crippen LogP contribution is -2.30. The van der Waals surface area contributed by atoms with Crippen molar-refractivity contribution in [3.63, 3.8) is 0 Å². The second kappa shape index (κ2) is 13.2. The van der Waals surface area contributed by atoms with Crippen molar-refractivity contribution in [2.45, 2.75) is 52.5 Å². The van der Waals surface area contributed by atoms with Crippen molar-refractivity contribution in [3.8, 4) is 6.07 Å². The standard InChI is InChI=1S/C27H30N4O4S2/c1-3-4-14-30-24(29-13-12-19-9-6-5-7-10-19)20(18(2)21(17-28)25(30)34)16-22-26(35)31(27(36)37-22)15-8-11-23(32)33/h5-7,9-10,16,29H,3-4,8,11-15H2,1-2H3,(H,32,33)/b22-16+. The molecule has 194 valence electrons. The number of carbonyl (C=O) groups excluding carboxylic acids is 1. The van der Waals surface area contributed by atoms with E-state index in [2.05, 4.69) is 5.32 Å². The Morgan fingerprint density at radius 2 is 1.95 bits per heavy atom. The first-order valence-electron chi connectivity index (χ1n) is 12.2. The van der Waals surface area contributed by atoms with Crippen LogP contribution in [0.5, 0.6) is 0 Å². The fraction of sp³-hybridized carbons (Fsp3) is 0.370. The summed E-state index contributed by atoms with van der Waals surface area (Å²) >= 11 is 6.53. The van der Waals surface area contributed by atoms with Gasteiger partial charge < -0.3 is 10.4 Å². The Hall–Kier alpha value is -3.42. The predicted molar refractivity (Wildman–Crippen MR) is 150 cm³/mol. The minimum atomic E-state index is -0.929. The van der Waals surface area contributed by atoms with Gasteiger partial charge in [-0.25, -0.2) is 0 Å². The number of rotatable bonds is 12. The quantitative estimate of drug-likeness (QED) is 0.299. The van der Waals surface area contributed by atoms with Crippen molar-refractivity contribution >= 4 is 52.1 Å². The van der Waals surface area contributed by atoms with Gasteiger partial charge >= 0.3 is 5.97 Å². The fourth-order valence-corrected chi connectivity index (χ4v) is 5.36. The van der Waals surface area contributed by atoms with E-state index in [0.29, 0.717) is 45.7 Å². The Kier molecular flexibility index (Phi) is 10.1. The largest absolute Gasteiger partial charge is 0.481 e. The summed E-state index contributed by atoms with van der Waals surface area (Å²) in [4.78, 5) is 39.0. The summed E-state index contributed by atoms with van der Waals surface area (Å²) in [5, 5.41) is 22.1. The second-order valence-electron chi connectivity index (χ2n) is 8.68. The molecule has 1 fully saturated rings. The van der Waals surface area contributed by atoms with Crippen LogP contribution in [0.15, 0.2) is 40.0 Å². The number of pyridine rings is 1.